The molecule has 0 radical (unpaired) electrons. The number of nitrogens with one attached hydrogen (secondary N) is 1. The summed E-state index contributed by atoms with van der Waals surface area (Å²) in [6, 6.07) is 10.9. The fourth-order valence-corrected chi connectivity index (χ4v) is 3.22. The molecular formula is C21H19F3N4O5. The molecule has 0 aromatic heterocycles. The van der Waals surface area contributed by atoms with Crippen molar-refractivity contribution in [1.82, 2.24) is 0 Å². The number of nitriles is 1. The first kappa shape index (κ1) is 24.0. The Hall–Kier alpha value is -3.66. The van der Waals surface area contributed by atoms with E-state index in [4.69, 9.17) is 15.7 Å². The van der Waals surface area contributed by atoms with E-state index < -0.39 is 36.1 Å². The Balaban J connectivity index is 1.70. The average molecular weight is 464 g/mol. The lowest BCUT2D eigenvalue weighted by Crippen LogP contribution is -2.55. The molecule has 0 spiro atoms. The SMILES string of the molecule is N#Cc1ccc(NC(=O)C(O)[C@H]2OCCN(c3ccc(OC(F)(F)F)cc3)C2=O)cc1CN. The van der Waals surface area contributed by atoms with E-state index in [1.165, 1.54) is 35.2 Å². The van der Waals surface area contributed by atoms with Crippen LogP contribution in [0.3, 0.4) is 0 Å². The van der Waals surface area contributed by atoms with Crippen molar-refractivity contribution in [3.8, 4) is 11.8 Å². The fraction of sp³-hybridized carbons (Fsp3) is 0.286. The predicted molar refractivity (Wildman–Crippen MR) is 109 cm³/mol. The zero-order valence-electron chi connectivity index (χ0n) is 17.0. The number of nitrogens with two attached hydrogens (primary N) is 1. The highest BCUT2D eigenvalue weighted by Crippen LogP contribution is 2.27. The van der Waals surface area contributed by atoms with Crippen LogP contribution >= 0.6 is 0 Å². The zero-order valence-corrected chi connectivity index (χ0v) is 17.0. The number of alkyl halides is 3. The predicted octanol–water partition coefficient (Wildman–Crippen LogP) is 1.65. The highest BCUT2D eigenvalue weighted by atomic mass is 19.4. The molecule has 2 amide bonds. The number of anilines is 2. The van der Waals surface area contributed by atoms with Gasteiger partial charge in [-0.25, -0.2) is 0 Å². The molecule has 0 aliphatic carbocycles. The Morgan fingerprint density at radius 1 is 1.33 bits per heavy atom. The Bertz CT molecular complexity index is 1070. The molecule has 174 valence electrons. The van der Waals surface area contributed by atoms with Crippen LogP contribution in [0, 0.1) is 11.3 Å². The fourth-order valence-electron chi connectivity index (χ4n) is 3.22. The van der Waals surface area contributed by atoms with Gasteiger partial charge in [-0.2, -0.15) is 5.26 Å². The molecule has 9 nitrogen and oxygen atoms in total. The van der Waals surface area contributed by atoms with Crippen molar-refractivity contribution in [1.29, 1.82) is 5.26 Å². The molecule has 1 fully saturated rings. The molecule has 2 atom stereocenters. The average Bonchev–Trinajstić information content (AvgIpc) is 2.78. The minimum absolute atomic E-state index is 0.0181. The summed E-state index contributed by atoms with van der Waals surface area (Å²) in [6.07, 6.45) is -8.25. The van der Waals surface area contributed by atoms with Gasteiger partial charge in [0.15, 0.2) is 12.2 Å². The van der Waals surface area contributed by atoms with Crippen LogP contribution in [0.15, 0.2) is 42.5 Å². The van der Waals surface area contributed by atoms with E-state index in [1.807, 2.05) is 6.07 Å². The number of aliphatic hydroxyl groups excluding tert-OH is 1. The van der Waals surface area contributed by atoms with Crippen LogP contribution in [0.25, 0.3) is 0 Å². The van der Waals surface area contributed by atoms with Crippen LogP contribution in [0.4, 0.5) is 24.5 Å². The number of halogens is 3. The third-order valence-corrected chi connectivity index (χ3v) is 4.77. The summed E-state index contributed by atoms with van der Waals surface area (Å²) in [5.41, 5.74) is 6.91. The molecule has 2 aromatic rings. The maximum atomic E-state index is 12.8. The summed E-state index contributed by atoms with van der Waals surface area (Å²) >= 11 is 0. The molecule has 0 saturated carbocycles. The maximum Gasteiger partial charge on any atom is 0.573 e. The van der Waals surface area contributed by atoms with Crippen LogP contribution in [-0.2, 0) is 20.9 Å². The quantitative estimate of drug-likeness (QED) is 0.591. The second-order valence-electron chi connectivity index (χ2n) is 6.94. The van der Waals surface area contributed by atoms with Crippen LogP contribution in [0.5, 0.6) is 5.75 Å². The molecule has 33 heavy (non-hydrogen) atoms. The van der Waals surface area contributed by atoms with Gasteiger partial charge in [0.1, 0.15) is 5.75 Å². The van der Waals surface area contributed by atoms with Crippen molar-refractivity contribution in [3.63, 3.8) is 0 Å². The first-order valence-corrected chi connectivity index (χ1v) is 9.63. The Morgan fingerprint density at radius 3 is 2.64 bits per heavy atom. The number of benzene rings is 2. The second kappa shape index (κ2) is 9.86. The standard InChI is InChI=1S/C21H19F3N4O5/c22-21(23,24)33-16-5-3-15(4-6-16)28-7-8-32-18(20(28)31)17(29)19(30)27-14-2-1-12(10-25)13(9-14)11-26/h1-6,9,17-18,29H,7-8,11,26H2,(H,27,30)/t17?,18-/m1/s1. The Kier molecular flexibility index (Phi) is 7.17. The Morgan fingerprint density at radius 2 is 2.03 bits per heavy atom. The monoisotopic (exact) mass is 464 g/mol. The van der Waals surface area contributed by atoms with Crippen molar-refractivity contribution in [2.24, 2.45) is 5.73 Å². The van der Waals surface area contributed by atoms with Crippen molar-refractivity contribution in [3.05, 3.63) is 53.6 Å². The molecule has 3 rings (SSSR count). The van der Waals surface area contributed by atoms with Gasteiger partial charge in [0.2, 0.25) is 0 Å². The van der Waals surface area contributed by atoms with Gasteiger partial charge in [-0.3, -0.25) is 9.59 Å². The summed E-state index contributed by atoms with van der Waals surface area (Å²) in [6.45, 7) is 0.107. The van der Waals surface area contributed by atoms with Gasteiger partial charge in [-0.05, 0) is 48.0 Å². The number of carbonyl (C=O) groups excluding carboxylic acids is 2. The molecule has 0 bridgehead atoms. The minimum atomic E-state index is -4.85. The van der Waals surface area contributed by atoms with E-state index in [9.17, 15) is 27.9 Å². The van der Waals surface area contributed by atoms with Crippen molar-refractivity contribution < 1.29 is 37.3 Å². The maximum absolute atomic E-state index is 12.8. The third-order valence-electron chi connectivity index (χ3n) is 4.77. The number of morpholine rings is 1. The van der Waals surface area contributed by atoms with Gasteiger partial charge < -0.3 is 30.5 Å². The van der Waals surface area contributed by atoms with Gasteiger partial charge in [0, 0.05) is 24.5 Å². The summed E-state index contributed by atoms with van der Waals surface area (Å²) in [7, 11) is 0. The summed E-state index contributed by atoms with van der Waals surface area (Å²) in [4.78, 5) is 26.5. The number of hydrogen-bond donors (Lipinski definition) is 3. The molecule has 1 unspecified atom stereocenters. The molecule has 1 aliphatic heterocycles. The van der Waals surface area contributed by atoms with Crippen molar-refractivity contribution >= 4 is 23.2 Å². The smallest absolute Gasteiger partial charge is 0.406 e. The molecule has 1 aliphatic rings. The van der Waals surface area contributed by atoms with Gasteiger partial charge in [0.05, 0.1) is 18.2 Å². The summed E-state index contributed by atoms with van der Waals surface area (Å²) in [5, 5.41) is 21.9. The van der Waals surface area contributed by atoms with Crippen LogP contribution in [0.2, 0.25) is 0 Å². The van der Waals surface area contributed by atoms with E-state index in [-0.39, 0.29) is 31.1 Å². The third kappa shape index (κ3) is 5.78. The number of carbonyl (C=O) groups is 2. The molecule has 1 heterocycles. The van der Waals surface area contributed by atoms with Crippen LogP contribution in [-0.4, -0.2) is 48.6 Å². The normalized spacial score (nSPS) is 17.3. The van der Waals surface area contributed by atoms with Gasteiger partial charge >= 0.3 is 6.36 Å². The van der Waals surface area contributed by atoms with Crippen LogP contribution < -0.4 is 20.7 Å². The highest BCUT2D eigenvalue weighted by Gasteiger charge is 2.39. The summed E-state index contributed by atoms with van der Waals surface area (Å²) < 4.78 is 46.1. The molecule has 2 aromatic carbocycles. The number of amides is 2. The lowest BCUT2D eigenvalue weighted by Gasteiger charge is -2.34. The number of hydrogen-bond acceptors (Lipinski definition) is 7. The zero-order chi connectivity index (χ0) is 24.2. The largest absolute Gasteiger partial charge is 0.573 e. The number of ether oxygens (including phenoxy) is 2. The molecular weight excluding hydrogens is 445 g/mol. The summed E-state index contributed by atoms with van der Waals surface area (Å²) in [5.74, 6) is -2.12. The van der Waals surface area contributed by atoms with Gasteiger partial charge in [-0.15, -0.1) is 13.2 Å². The van der Waals surface area contributed by atoms with E-state index in [0.29, 0.717) is 11.1 Å². The Labute approximate surface area is 186 Å². The van der Waals surface area contributed by atoms with E-state index in [2.05, 4.69) is 10.1 Å². The van der Waals surface area contributed by atoms with E-state index in [1.54, 1.807) is 0 Å². The lowest BCUT2D eigenvalue weighted by atomic mass is 10.1. The van der Waals surface area contributed by atoms with Crippen molar-refractivity contribution in [2.75, 3.05) is 23.4 Å². The second-order valence-corrected chi connectivity index (χ2v) is 6.94. The van der Waals surface area contributed by atoms with Crippen molar-refractivity contribution in [2.45, 2.75) is 25.1 Å². The lowest BCUT2D eigenvalue weighted by molar-refractivity contribution is -0.274. The number of aliphatic hydroxyl groups is 1. The first-order chi connectivity index (χ1) is 15.6. The molecule has 12 heteroatoms. The molecule has 1 saturated heterocycles. The van der Waals surface area contributed by atoms with Crippen LogP contribution in [0.1, 0.15) is 11.1 Å². The topological polar surface area (TPSA) is 138 Å². The van der Waals surface area contributed by atoms with E-state index in [0.717, 1.165) is 12.1 Å². The highest BCUT2D eigenvalue weighted by molar-refractivity contribution is 6.03. The minimum Gasteiger partial charge on any atom is -0.406 e. The van der Waals surface area contributed by atoms with E-state index >= 15 is 0 Å². The molecule has 4 N–H and O–H groups in total. The van der Waals surface area contributed by atoms with Gasteiger partial charge in [0.25, 0.3) is 11.8 Å². The number of nitrogens with zero attached hydrogens (tertiary/aromatic N) is 2. The van der Waals surface area contributed by atoms with Gasteiger partial charge in [-0.1, -0.05) is 0 Å². The number of rotatable bonds is 6. The first-order valence-electron chi connectivity index (χ1n) is 9.63.